The minimum Gasteiger partial charge on any atom is -0.329 e. The Labute approximate surface area is 163 Å². The second kappa shape index (κ2) is 7.42. The number of aromatic nitrogens is 4. The summed E-state index contributed by atoms with van der Waals surface area (Å²) in [7, 11) is 1.65. The summed E-state index contributed by atoms with van der Waals surface area (Å²) in [5.41, 5.74) is 1.65. The molecular weight excluding hydrogens is 354 g/mol. The Morgan fingerprint density at radius 1 is 1.11 bits per heavy atom. The Morgan fingerprint density at radius 2 is 1.89 bits per heavy atom. The molecule has 1 aliphatic rings. The molecule has 1 atom stereocenters. The third kappa shape index (κ3) is 3.47. The van der Waals surface area contributed by atoms with Crippen LogP contribution in [0.1, 0.15) is 40.5 Å². The Kier molecular flexibility index (Phi) is 4.81. The molecule has 0 N–H and O–H groups in total. The van der Waals surface area contributed by atoms with E-state index in [9.17, 15) is 9.59 Å². The first-order valence-corrected chi connectivity index (χ1v) is 9.45. The van der Waals surface area contributed by atoms with E-state index in [4.69, 9.17) is 0 Å². The van der Waals surface area contributed by atoms with Gasteiger partial charge in [-0.25, -0.2) is 0 Å². The lowest BCUT2D eigenvalue weighted by Gasteiger charge is -2.32. The molecule has 1 aromatic carbocycles. The molecule has 2 aromatic heterocycles. The number of carbonyl (C=O) groups excluding carboxylic acids is 1. The molecule has 28 heavy (non-hydrogen) atoms. The van der Waals surface area contributed by atoms with Gasteiger partial charge in [0.05, 0.1) is 18.2 Å². The summed E-state index contributed by atoms with van der Waals surface area (Å²) in [6.45, 7) is 3.09. The quantitative estimate of drug-likeness (QED) is 0.697. The summed E-state index contributed by atoms with van der Waals surface area (Å²) in [6.07, 6.45) is 3.31. The van der Waals surface area contributed by atoms with Crippen LogP contribution in [0.15, 0.2) is 53.5 Å². The number of benzene rings is 1. The van der Waals surface area contributed by atoms with E-state index in [-0.39, 0.29) is 17.5 Å². The van der Waals surface area contributed by atoms with E-state index in [1.165, 1.54) is 16.2 Å². The van der Waals surface area contributed by atoms with E-state index in [1.807, 2.05) is 18.2 Å². The number of fused-ring (bicyclic) bond motifs is 1. The molecule has 7 heteroatoms. The molecule has 0 radical (unpaired) electrons. The van der Waals surface area contributed by atoms with E-state index in [1.54, 1.807) is 24.2 Å². The summed E-state index contributed by atoms with van der Waals surface area (Å²) in [4.78, 5) is 26.2. The van der Waals surface area contributed by atoms with Gasteiger partial charge in [-0.1, -0.05) is 30.3 Å². The summed E-state index contributed by atoms with van der Waals surface area (Å²) in [6, 6.07) is 13.4. The van der Waals surface area contributed by atoms with Crippen molar-refractivity contribution >= 4 is 5.91 Å². The maximum Gasteiger partial charge on any atom is 0.255 e. The van der Waals surface area contributed by atoms with Gasteiger partial charge >= 0.3 is 0 Å². The number of nitrogens with zero attached hydrogens (tertiary/aromatic N) is 5. The van der Waals surface area contributed by atoms with Crippen LogP contribution >= 0.6 is 0 Å². The van der Waals surface area contributed by atoms with Crippen molar-refractivity contribution in [2.24, 2.45) is 7.05 Å². The van der Waals surface area contributed by atoms with Crippen molar-refractivity contribution in [3.05, 3.63) is 81.8 Å². The standard InChI is InChI=1S/C21H23N5O2/c1-15-12-25(21(28)17-9-11-20(27)24(2)13-17)14-19-23-22-18(26(15)19)10-8-16-6-4-3-5-7-16/h3-7,9,11,13,15H,8,10,12,14H2,1-2H3/t15-/m0/s1. The third-order valence-electron chi connectivity index (χ3n) is 5.19. The number of rotatable bonds is 4. The molecule has 4 rings (SSSR count). The Bertz CT molecular complexity index is 1050. The first-order valence-electron chi connectivity index (χ1n) is 9.45. The molecule has 0 aliphatic carbocycles. The van der Waals surface area contributed by atoms with Crippen LogP contribution in [-0.2, 0) is 26.4 Å². The second-order valence-electron chi connectivity index (χ2n) is 7.29. The SMILES string of the molecule is C[C@H]1CN(C(=O)c2ccc(=O)n(C)c2)Cc2nnc(CCc3ccccc3)n21. The molecule has 144 valence electrons. The second-order valence-corrected chi connectivity index (χ2v) is 7.29. The molecule has 0 bridgehead atoms. The normalized spacial score (nSPS) is 16.1. The van der Waals surface area contributed by atoms with Gasteiger partial charge in [-0.3, -0.25) is 9.59 Å². The molecule has 0 spiro atoms. The fourth-order valence-corrected chi connectivity index (χ4v) is 3.74. The van der Waals surface area contributed by atoms with Crippen LogP contribution in [0.4, 0.5) is 0 Å². The number of carbonyl (C=O) groups is 1. The van der Waals surface area contributed by atoms with E-state index >= 15 is 0 Å². The first-order chi connectivity index (χ1) is 13.5. The topological polar surface area (TPSA) is 73.0 Å². The summed E-state index contributed by atoms with van der Waals surface area (Å²) < 4.78 is 3.58. The molecular formula is C21H23N5O2. The first kappa shape index (κ1) is 18.2. The number of pyridine rings is 1. The van der Waals surface area contributed by atoms with Crippen molar-refractivity contribution in [2.75, 3.05) is 6.54 Å². The maximum atomic E-state index is 12.9. The fraction of sp³-hybridized carbons (Fsp3) is 0.333. The van der Waals surface area contributed by atoms with Gasteiger partial charge in [0.25, 0.3) is 5.91 Å². The smallest absolute Gasteiger partial charge is 0.255 e. The zero-order valence-corrected chi connectivity index (χ0v) is 16.1. The summed E-state index contributed by atoms with van der Waals surface area (Å²) >= 11 is 0. The Morgan fingerprint density at radius 3 is 2.64 bits per heavy atom. The van der Waals surface area contributed by atoms with Crippen molar-refractivity contribution in [3.63, 3.8) is 0 Å². The fourth-order valence-electron chi connectivity index (χ4n) is 3.74. The van der Waals surface area contributed by atoms with Crippen LogP contribution in [0.5, 0.6) is 0 Å². The highest BCUT2D eigenvalue weighted by atomic mass is 16.2. The van der Waals surface area contributed by atoms with Gasteiger partial charge < -0.3 is 14.0 Å². The van der Waals surface area contributed by atoms with Crippen LogP contribution in [0, 0.1) is 0 Å². The molecule has 0 saturated carbocycles. The van der Waals surface area contributed by atoms with Crippen LogP contribution < -0.4 is 5.56 Å². The van der Waals surface area contributed by atoms with Crippen LogP contribution in [-0.4, -0.2) is 36.7 Å². The predicted octanol–water partition coefficient (Wildman–Crippen LogP) is 1.98. The zero-order chi connectivity index (χ0) is 19.7. The van der Waals surface area contributed by atoms with E-state index in [0.29, 0.717) is 18.7 Å². The minimum atomic E-state index is -0.133. The van der Waals surface area contributed by atoms with Crippen LogP contribution in [0.3, 0.4) is 0 Å². The Balaban J connectivity index is 1.51. The van der Waals surface area contributed by atoms with Crippen molar-refractivity contribution in [3.8, 4) is 0 Å². The van der Waals surface area contributed by atoms with E-state index in [2.05, 4.69) is 33.8 Å². The molecule has 1 aliphatic heterocycles. The highest BCUT2D eigenvalue weighted by Crippen LogP contribution is 2.23. The van der Waals surface area contributed by atoms with Gasteiger partial charge in [0.2, 0.25) is 5.56 Å². The summed E-state index contributed by atoms with van der Waals surface area (Å²) in [5, 5.41) is 8.73. The highest BCUT2D eigenvalue weighted by molar-refractivity contribution is 5.93. The van der Waals surface area contributed by atoms with Gasteiger partial charge in [0.1, 0.15) is 5.82 Å². The maximum absolute atomic E-state index is 12.9. The predicted molar refractivity (Wildman–Crippen MR) is 105 cm³/mol. The molecule has 0 unspecified atom stereocenters. The van der Waals surface area contributed by atoms with Gasteiger partial charge in [-0.05, 0) is 25.0 Å². The zero-order valence-electron chi connectivity index (χ0n) is 16.1. The highest BCUT2D eigenvalue weighted by Gasteiger charge is 2.29. The monoisotopic (exact) mass is 377 g/mol. The number of amides is 1. The molecule has 3 heterocycles. The molecule has 3 aromatic rings. The third-order valence-corrected chi connectivity index (χ3v) is 5.19. The van der Waals surface area contributed by atoms with E-state index in [0.717, 1.165) is 24.5 Å². The van der Waals surface area contributed by atoms with Crippen molar-refractivity contribution < 1.29 is 4.79 Å². The van der Waals surface area contributed by atoms with Gasteiger partial charge in [0, 0.05) is 32.3 Å². The average Bonchev–Trinajstić information content (AvgIpc) is 3.12. The Hall–Kier alpha value is -3.22. The van der Waals surface area contributed by atoms with Crippen molar-refractivity contribution in [2.45, 2.75) is 32.4 Å². The van der Waals surface area contributed by atoms with Crippen LogP contribution in [0.25, 0.3) is 0 Å². The van der Waals surface area contributed by atoms with Gasteiger partial charge in [-0.15, -0.1) is 10.2 Å². The number of aryl methyl sites for hydroxylation is 3. The number of hydrogen-bond acceptors (Lipinski definition) is 4. The molecule has 0 saturated heterocycles. The lowest BCUT2D eigenvalue weighted by Crippen LogP contribution is -2.41. The van der Waals surface area contributed by atoms with E-state index < -0.39 is 0 Å². The van der Waals surface area contributed by atoms with Gasteiger partial charge in [0.15, 0.2) is 5.82 Å². The van der Waals surface area contributed by atoms with Gasteiger partial charge in [-0.2, -0.15) is 0 Å². The molecule has 7 nitrogen and oxygen atoms in total. The minimum absolute atomic E-state index is 0.0949. The number of hydrogen-bond donors (Lipinski definition) is 0. The van der Waals surface area contributed by atoms with Crippen LogP contribution in [0.2, 0.25) is 0 Å². The summed E-state index contributed by atoms with van der Waals surface area (Å²) in [5.74, 6) is 1.67. The van der Waals surface area contributed by atoms with Crippen molar-refractivity contribution in [1.82, 2.24) is 24.2 Å². The molecule has 1 amide bonds. The molecule has 0 fully saturated rings. The lowest BCUT2D eigenvalue weighted by atomic mass is 10.1. The largest absolute Gasteiger partial charge is 0.329 e. The lowest BCUT2D eigenvalue weighted by molar-refractivity contribution is 0.0678. The average molecular weight is 377 g/mol. The van der Waals surface area contributed by atoms with Crippen molar-refractivity contribution in [1.29, 1.82) is 0 Å².